The van der Waals surface area contributed by atoms with Gasteiger partial charge in [0.1, 0.15) is 10.7 Å². The Morgan fingerprint density at radius 2 is 1.85 bits per heavy atom. The summed E-state index contributed by atoms with van der Waals surface area (Å²) in [4.78, 5) is 11.3. The van der Waals surface area contributed by atoms with E-state index in [4.69, 9.17) is 0 Å². The summed E-state index contributed by atoms with van der Waals surface area (Å²) in [5, 5.41) is 2.62. The van der Waals surface area contributed by atoms with Gasteiger partial charge in [-0.05, 0) is 49.3 Å². The minimum Gasteiger partial charge on any atom is -0.326 e. The van der Waals surface area contributed by atoms with E-state index in [1.807, 2.05) is 0 Å². The highest BCUT2D eigenvalue weighted by atomic mass is 32.2. The van der Waals surface area contributed by atoms with E-state index in [2.05, 4.69) is 5.32 Å². The van der Waals surface area contributed by atoms with Crippen molar-refractivity contribution < 1.29 is 17.6 Å². The average Bonchev–Trinajstić information content (AvgIpc) is 3.10. The predicted octanol–water partition coefficient (Wildman–Crippen LogP) is 3.83. The summed E-state index contributed by atoms with van der Waals surface area (Å²) >= 11 is 0. The Hall–Kier alpha value is -1.47. The molecule has 1 aromatic rings. The van der Waals surface area contributed by atoms with Gasteiger partial charge in [-0.1, -0.05) is 32.1 Å². The van der Waals surface area contributed by atoms with Crippen molar-refractivity contribution in [1.29, 1.82) is 0 Å². The van der Waals surface area contributed by atoms with Gasteiger partial charge in [-0.3, -0.25) is 4.79 Å². The average molecular weight is 395 g/mol. The van der Waals surface area contributed by atoms with Crippen LogP contribution in [0.25, 0.3) is 0 Å². The molecule has 4 rings (SSSR count). The number of anilines is 1. The van der Waals surface area contributed by atoms with Gasteiger partial charge in [-0.25, -0.2) is 12.8 Å². The molecule has 1 saturated heterocycles. The number of halogens is 1. The second-order valence-electron chi connectivity index (χ2n) is 8.14. The second-order valence-corrected chi connectivity index (χ2v) is 10.00. The van der Waals surface area contributed by atoms with Gasteiger partial charge in [0, 0.05) is 24.7 Å². The van der Waals surface area contributed by atoms with Crippen molar-refractivity contribution >= 4 is 21.6 Å². The van der Waals surface area contributed by atoms with E-state index in [1.165, 1.54) is 42.5 Å². The van der Waals surface area contributed by atoms with Crippen LogP contribution >= 0.6 is 0 Å². The molecule has 1 unspecified atom stereocenters. The summed E-state index contributed by atoms with van der Waals surface area (Å²) in [5.41, 5.74) is 1.08. The van der Waals surface area contributed by atoms with E-state index in [-0.39, 0.29) is 16.8 Å². The van der Waals surface area contributed by atoms with Crippen molar-refractivity contribution in [2.45, 2.75) is 75.1 Å². The molecular formula is C20H27FN2O3S. The van der Waals surface area contributed by atoms with Crippen LogP contribution in [0.1, 0.15) is 63.4 Å². The van der Waals surface area contributed by atoms with Gasteiger partial charge in [0.25, 0.3) is 0 Å². The van der Waals surface area contributed by atoms with Crippen LogP contribution in [0.15, 0.2) is 17.0 Å². The van der Waals surface area contributed by atoms with E-state index >= 15 is 0 Å². The maximum atomic E-state index is 14.7. The molecule has 0 spiro atoms. The van der Waals surface area contributed by atoms with Crippen LogP contribution in [0.3, 0.4) is 0 Å². The summed E-state index contributed by atoms with van der Waals surface area (Å²) in [5.74, 6) is -0.355. The first-order chi connectivity index (χ1) is 12.9. The topological polar surface area (TPSA) is 66.5 Å². The highest BCUT2D eigenvalue weighted by Crippen LogP contribution is 2.36. The first-order valence-corrected chi connectivity index (χ1v) is 11.5. The number of aryl methyl sites for hydroxylation is 1. The minimum absolute atomic E-state index is 0.0202. The molecule has 3 aliphatic rings. The Morgan fingerprint density at radius 3 is 2.63 bits per heavy atom. The maximum Gasteiger partial charge on any atom is 0.246 e. The SMILES string of the molecule is O=C1CCc2cc(S(=O)(=O)N3CCCC3CC3CCCCC3)c(F)cc2N1. The van der Waals surface area contributed by atoms with Crippen LogP contribution in [0.5, 0.6) is 0 Å². The molecule has 2 heterocycles. The highest BCUT2D eigenvalue weighted by Gasteiger charge is 2.38. The van der Waals surface area contributed by atoms with E-state index in [0.29, 0.717) is 36.6 Å². The highest BCUT2D eigenvalue weighted by molar-refractivity contribution is 7.89. The zero-order valence-corrected chi connectivity index (χ0v) is 16.4. The molecule has 1 atom stereocenters. The molecular weight excluding hydrogens is 367 g/mol. The molecule has 2 aliphatic heterocycles. The number of carbonyl (C=O) groups excluding carboxylic acids is 1. The zero-order chi connectivity index (χ0) is 19.0. The third kappa shape index (κ3) is 3.76. The fourth-order valence-corrected chi connectivity index (χ4v) is 6.68. The lowest BCUT2D eigenvalue weighted by Crippen LogP contribution is -2.37. The Balaban J connectivity index is 1.59. The van der Waals surface area contributed by atoms with Gasteiger partial charge >= 0.3 is 0 Å². The van der Waals surface area contributed by atoms with Crippen LogP contribution in [-0.4, -0.2) is 31.2 Å². The summed E-state index contributed by atoms with van der Waals surface area (Å²) in [6, 6.07) is 2.56. The molecule has 1 N–H and O–H groups in total. The van der Waals surface area contributed by atoms with Gasteiger partial charge in [0.2, 0.25) is 15.9 Å². The number of carbonyl (C=O) groups is 1. The van der Waals surface area contributed by atoms with Crippen molar-refractivity contribution in [2.75, 3.05) is 11.9 Å². The molecule has 27 heavy (non-hydrogen) atoms. The number of amides is 1. The number of nitrogens with zero attached hydrogens (tertiary/aromatic N) is 1. The zero-order valence-electron chi connectivity index (χ0n) is 15.5. The summed E-state index contributed by atoms with van der Waals surface area (Å²) < 4.78 is 42.7. The van der Waals surface area contributed by atoms with Crippen molar-refractivity contribution in [3.05, 3.63) is 23.5 Å². The second kappa shape index (κ2) is 7.51. The summed E-state index contributed by atoms with van der Waals surface area (Å²) in [6.07, 6.45) is 9.42. The fourth-order valence-electron chi connectivity index (χ4n) is 4.87. The maximum absolute atomic E-state index is 14.7. The predicted molar refractivity (Wildman–Crippen MR) is 101 cm³/mol. The van der Waals surface area contributed by atoms with Gasteiger partial charge in [-0.15, -0.1) is 0 Å². The number of hydrogen-bond acceptors (Lipinski definition) is 3. The first-order valence-electron chi connectivity index (χ1n) is 10.1. The lowest BCUT2D eigenvalue weighted by molar-refractivity contribution is -0.116. The standard InChI is InChI=1S/C20H27FN2O3S/c21-17-13-18-15(8-9-20(24)22-18)12-19(17)27(25,26)23-10-4-7-16(23)11-14-5-2-1-3-6-14/h12-14,16H,1-11H2,(H,22,24). The summed E-state index contributed by atoms with van der Waals surface area (Å²) in [6.45, 7) is 0.465. The number of hydrogen-bond donors (Lipinski definition) is 1. The van der Waals surface area contributed by atoms with E-state index in [0.717, 1.165) is 25.3 Å². The number of rotatable bonds is 4. The molecule has 7 heteroatoms. The Kier molecular flexibility index (Phi) is 5.25. The molecule has 0 bridgehead atoms. The smallest absolute Gasteiger partial charge is 0.246 e. The molecule has 1 aliphatic carbocycles. The molecule has 1 saturated carbocycles. The molecule has 148 valence electrons. The van der Waals surface area contributed by atoms with E-state index < -0.39 is 15.8 Å². The summed E-state index contributed by atoms with van der Waals surface area (Å²) in [7, 11) is -3.87. The van der Waals surface area contributed by atoms with Crippen molar-refractivity contribution in [3.8, 4) is 0 Å². The number of fused-ring (bicyclic) bond motifs is 1. The van der Waals surface area contributed by atoms with Crippen LogP contribution in [-0.2, 0) is 21.2 Å². The molecule has 1 aromatic carbocycles. The number of nitrogens with one attached hydrogen (secondary N) is 1. The van der Waals surface area contributed by atoms with E-state index in [9.17, 15) is 17.6 Å². The number of sulfonamides is 1. The lowest BCUT2D eigenvalue weighted by Gasteiger charge is -2.30. The first kappa shape index (κ1) is 18.9. The van der Waals surface area contributed by atoms with Gasteiger partial charge in [0.05, 0.1) is 0 Å². The molecule has 2 fully saturated rings. The van der Waals surface area contributed by atoms with E-state index in [1.54, 1.807) is 0 Å². The van der Waals surface area contributed by atoms with Crippen molar-refractivity contribution in [1.82, 2.24) is 4.31 Å². The van der Waals surface area contributed by atoms with Crippen LogP contribution in [0.2, 0.25) is 0 Å². The quantitative estimate of drug-likeness (QED) is 0.844. The van der Waals surface area contributed by atoms with Gasteiger partial charge in [0.15, 0.2) is 0 Å². The van der Waals surface area contributed by atoms with Crippen LogP contribution < -0.4 is 5.32 Å². The largest absolute Gasteiger partial charge is 0.326 e. The van der Waals surface area contributed by atoms with Crippen LogP contribution in [0, 0.1) is 11.7 Å². The lowest BCUT2D eigenvalue weighted by atomic mass is 9.84. The van der Waals surface area contributed by atoms with Gasteiger partial charge in [-0.2, -0.15) is 4.31 Å². The van der Waals surface area contributed by atoms with Crippen molar-refractivity contribution in [3.63, 3.8) is 0 Å². The third-order valence-corrected chi connectivity index (χ3v) is 8.26. The molecule has 5 nitrogen and oxygen atoms in total. The minimum atomic E-state index is -3.87. The Labute approximate surface area is 160 Å². The fraction of sp³-hybridized carbons (Fsp3) is 0.650. The molecule has 0 radical (unpaired) electrons. The molecule has 0 aromatic heterocycles. The van der Waals surface area contributed by atoms with Crippen LogP contribution in [0.4, 0.5) is 10.1 Å². The van der Waals surface area contributed by atoms with Gasteiger partial charge < -0.3 is 5.32 Å². The normalized spacial score (nSPS) is 24.6. The Morgan fingerprint density at radius 1 is 1.07 bits per heavy atom. The monoisotopic (exact) mass is 394 g/mol. The number of benzene rings is 1. The van der Waals surface area contributed by atoms with Crippen molar-refractivity contribution in [2.24, 2.45) is 5.92 Å². The third-order valence-electron chi connectivity index (χ3n) is 6.29. The Bertz CT molecular complexity index is 834. The molecule has 1 amide bonds.